The molecule has 2 aliphatic rings. The van der Waals surface area contributed by atoms with Crippen LogP contribution in [-0.4, -0.2) is 59.4 Å². The summed E-state index contributed by atoms with van der Waals surface area (Å²) in [6, 6.07) is -0.834. The van der Waals surface area contributed by atoms with E-state index in [1.54, 1.807) is 19.1 Å². The molecule has 2 aliphatic heterocycles. The molecule has 1 amide bonds. The molecule has 1 fully saturated rings. The molecule has 188 valence electrons. The van der Waals surface area contributed by atoms with E-state index in [1.165, 1.54) is 6.08 Å². The van der Waals surface area contributed by atoms with Crippen molar-refractivity contribution in [1.82, 2.24) is 5.32 Å². The smallest absolute Gasteiger partial charge is 0.243 e. The van der Waals surface area contributed by atoms with Crippen LogP contribution >= 0.6 is 0 Å². The van der Waals surface area contributed by atoms with Crippen LogP contribution in [0.1, 0.15) is 33.6 Å². The van der Waals surface area contributed by atoms with Gasteiger partial charge in [-0.3, -0.25) is 4.79 Å². The van der Waals surface area contributed by atoms with Crippen molar-refractivity contribution >= 4 is 5.91 Å². The maximum atomic E-state index is 11.9. The van der Waals surface area contributed by atoms with Gasteiger partial charge in [-0.1, -0.05) is 80.7 Å². The Labute approximate surface area is 203 Å². The zero-order valence-corrected chi connectivity index (χ0v) is 20.4. The Hall–Kier alpha value is -2.29. The van der Waals surface area contributed by atoms with Crippen LogP contribution in [0.5, 0.6) is 0 Å². The van der Waals surface area contributed by atoms with Crippen molar-refractivity contribution in [3.8, 4) is 0 Å². The van der Waals surface area contributed by atoms with Gasteiger partial charge >= 0.3 is 0 Å². The zero-order chi connectivity index (χ0) is 24.9. The number of nitrogens with two attached hydrogens (primary N) is 1. The molecule has 7 heteroatoms. The minimum absolute atomic E-state index is 0.132. The van der Waals surface area contributed by atoms with Gasteiger partial charge in [0.05, 0.1) is 24.4 Å². The minimum Gasteiger partial charge on any atom is -0.389 e. The molecular weight excluding hydrogens is 432 g/mol. The fraction of sp³-hybridized carbons (Fsp3) is 0.519. The highest BCUT2D eigenvalue weighted by molar-refractivity contribution is 5.87. The Bertz CT molecular complexity index is 801. The second-order valence-corrected chi connectivity index (χ2v) is 8.98. The van der Waals surface area contributed by atoms with E-state index in [2.05, 4.69) is 18.3 Å². The van der Waals surface area contributed by atoms with Crippen LogP contribution in [0, 0.1) is 11.8 Å². The number of allylic oxidation sites excluding steroid dienone is 9. The fourth-order valence-corrected chi connectivity index (χ4v) is 3.63. The van der Waals surface area contributed by atoms with E-state index < -0.39 is 30.6 Å². The number of amides is 1. The molecule has 0 spiro atoms. The highest BCUT2D eigenvalue weighted by Crippen LogP contribution is 2.26. The lowest BCUT2D eigenvalue weighted by Gasteiger charge is -2.41. The normalized spacial score (nSPS) is 42.0. The molecule has 0 bridgehead atoms. The number of ether oxygens (including phenoxy) is 2. The number of carbonyl (C=O) groups is 1. The molecule has 2 rings (SSSR count). The van der Waals surface area contributed by atoms with Gasteiger partial charge in [0.2, 0.25) is 5.91 Å². The molecule has 34 heavy (non-hydrogen) atoms. The van der Waals surface area contributed by atoms with Crippen LogP contribution in [0.2, 0.25) is 0 Å². The van der Waals surface area contributed by atoms with Crippen molar-refractivity contribution in [3.63, 3.8) is 0 Å². The van der Waals surface area contributed by atoms with E-state index in [0.717, 1.165) is 6.42 Å². The first-order chi connectivity index (χ1) is 16.3. The summed E-state index contributed by atoms with van der Waals surface area (Å²) in [5.74, 6) is 0.229. The van der Waals surface area contributed by atoms with E-state index in [-0.39, 0.29) is 23.8 Å². The second kappa shape index (κ2) is 14.9. The van der Waals surface area contributed by atoms with Gasteiger partial charge in [-0.05, 0) is 31.6 Å². The number of hydrogen-bond acceptors (Lipinski definition) is 6. The van der Waals surface area contributed by atoms with Crippen LogP contribution in [0.4, 0.5) is 0 Å². The van der Waals surface area contributed by atoms with Crippen molar-refractivity contribution in [1.29, 1.82) is 0 Å². The fourth-order valence-electron chi connectivity index (χ4n) is 3.63. The molecule has 8 unspecified atom stereocenters. The van der Waals surface area contributed by atoms with Gasteiger partial charge in [-0.2, -0.15) is 0 Å². The Morgan fingerprint density at radius 2 is 1.59 bits per heavy atom. The molecule has 7 nitrogen and oxygen atoms in total. The van der Waals surface area contributed by atoms with E-state index in [1.807, 2.05) is 55.5 Å². The Balaban J connectivity index is 2.12. The molecule has 5 N–H and O–H groups in total. The lowest BCUT2D eigenvalue weighted by Crippen LogP contribution is -2.61. The van der Waals surface area contributed by atoms with E-state index in [0.29, 0.717) is 13.0 Å². The molecule has 2 heterocycles. The number of hydrogen-bond donors (Lipinski definition) is 4. The summed E-state index contributed by atoms with van der Waals surface area (Å²) in [5.41, 5.74) is 5.96. The van der Waals surface area contributed by atoms with Gasteiger partial charge in [0.1, 0.15) is 6.10 Å². The monoisotopic (exact) mass is 472 g/mol. The van der Waals surface area contributed by atoms with Crippen molar-refractivity contribution in [2.24, 2.45) is 17.6 Å². The first kappa shape index (κ1) is 28.0. The Morgan fingerprint density at radius 1 is 0.941 bits per heavy atom. The molecule has 0 saturated carbocycles. The van der Waals surface area contributed by atoms with Gasteiger partial charge in [-0.25, -0.2) is 0 Å². The van der Waals surface area contributed by atoms with Gasteiger partial charge in [-0.15, -0.1) is 0 Å². The van der Waals surface area contributed by atoms with Crippen molar-refractivity contribution < 1.29 is 24.5 Å². The third-order valence-corrected chi connectivity index (χ3v) is 5.94. The average molecular weight is 473 g/mol. The first-order valence-electron chi connectivity index (χ1n) is 12.0. The highest BCUT2D eigenvalue weighted by Gasteiger charge is 2.42. The van der Waals surface area contributed by atoms with Gasteiger partial charge in [0.15, 0.2) is 6.29 Å². The predicted molar refractivity (Wildman–Crippen MR) is 135 cm³/mol. The number of nitrogens with one attached hydrogen (secondary N) is 1. The molecule has 0 aromatic heterocycles. The number of aliphatic hydroxyl groups excluding tert-OH is 2. The van der Waals surface area contributed by atoms with Crippen LogP contribution in [0.15, 0.2) is 72.9 Å². The van der Waals surface area contributed by atoms with Gasteiger partial charge in [0, 0.05) is 12.6 Å². The van der Waals surface area contributed by atoms with E-state index in [4.69, 9.17) is 15.2 Å². The summed E-state index contributed by atoms with van der Waals surface area (Å²) in [7, 11) is 0. The van der Waals surface area contributed by atoms with Gasteiger partial charge in [0.25, 0.3) is 0 Å². The zero-order valence-electron chi connectivity index (χ0n) is 20.4. The van der Waals surface area contributed by atoms with Crippen LogP contribution in [0.25, 0.3) is 0 Å². The standard InChI is InChI=1S/C27H40N2O5/c1-19-14-10-6-4-7-11-15-20(2)22(16-12-8-5-9-13-17-23(30)29-18-19)34-27-26(32)24(28)25(31)21(3)33-27/h4-14,17,19-22,24-27,31-32H,15-16,18,28H2,1-3H3,(H,29,30)/b6-4-,9-5+,11-7+,12-8-,14-10+,17-13-. The summed E-state index contributed by atoms with van der Waals surface area (Å²) in [5, 5.41) is 23.4. The molecule has 0 radical (unpaired) electrons. The van der Waals surface area contributed by atoms with E-state index in [9.17, 15) is 15.0 Å². The number of aliphatic hydroxyl groups is 2. The third-order valence-electron chi connectivity index (χ3n) is 5.94. The summed E-state index contributed by atoms with van der Waals surface area (Å²) < 4.78 is 11.9. The summed E-state index contributed by atoms with van der Waals surface area (Å²) in [4.78, 5) is 11.9. The summed E-state index contributed by atoms with van der Waals surface area (Å²) >= 11 is 0. The topological polar surface area (TPSA) is 114 Å². The number of carbonyl (C=O) groups excluding carboxylic acids is 1. The maximum absolute atomic E-state index is 11.9. The quantitative estimate of drug-likeness (QED) is 0.491. The van der Waals surface area contributed by atoms with Crippen LogP contribution in [0.3, 0.4) is 0 Å². The predicted octanol–water partition coefficient (Wildman–Crippen LogP) is 2.68. The van der Waals surface area contributed by atoms with Crippen LogP contribution < -0.4 is 11.1 Å². The van der Waals surface area contributed by atoms with Crippen molar-refractivity contribution in [2.45, 2.75) is 70.4 Å². The summed E-state index contributed by atoms with van der Waals surface area (Å²) in [6.07, 6.45) is 20.4. The second-order valence-electron chi connectivity index (χ2n) is 8.98. The number of rotatable bonds is 2. The molecular formula is C27H40N2O5. The van der Waals surface area contributed by atoms with Crippen LogP contribution in [-0.2, 0) is 14.3 Å². The molecule has 0 aliphatic carbocycles. The lowest BCUT2D eigenvalue weighted by atomic mass is 9.95. The highest BCUT2D eigenvalue weighted by atomic mass is 16.7. The molecule has 8 atom stereocenters. The van der Waals surface area contributed by atoms with Crippen molar-refractivity contribution in [2.75, 3.05) is 6.54 Å². The minimum atomic E-state index is -1.12. The van der Waals surface area contributed by atoms with Gasteiger partial charge < -0.3 is 30.7 Å². The summed E-state index contributed by atoms with van der Waals surface area (Å²) in [6.45, 7) is 6.43. The Kier molecular flexibility index (Phi) is 12.2. The molecule has 1 saturated heterocycles. The average Bonchev–Trinajstić information content (AvgIpc) is 2.81. The SMILES string of the molecule is CC1/C=C/C=C\C=C\CC(C)C(OC2OC(C)C(O)C(N)C2O)C\C=C/C=C/C=C\C(=O)NC1. The first-order valence-corrected chi connectivity index (χ1v) is 12.0. The van der Waals surface area contributed by atoms with Crippen molar-refractivity contribution in [3.05, 3.63) is 72.9 Å². The maximum Gasteiger partial charge on any atom is 0.243 e. The lowest BCUT2D eigenvalue weighted by molar-refractivity contribution is -0.284. The van der Waals surface area contributed by atoms with E-state index >= 15 is 0 Å². The molecule has 0 aromatic carbocycles. The third kappa shape index (κ3) is 9.52. The molecule has 0 aromatic rings. The Morgan fingerprint density at radius 3 is 2.32 bits per heavy atom. The largest absolute Gasteiger partial charge is 0.389 e.